The van der Waals surface area contributed by atoms with Crippen molar-refractivity contribution in [2.45, 2.75) is 19.4 Å². The van der Waals surface area contributed by atoms with Gasteiger partial charge in [0.15, 0.2) is 5.82 Å². The third kappa shape index (κ3) is 1.94. The number of aryl methyl sites for hydroxylation is 1. The van der Waals surface area contributed by atoms with Crippen molar-refractivity contribution < 1.29 is 0 Å². The standard InChI is InChI=1S/C6H12N4S/c1-2-5-8-6(10-9-5)4(7)3-11/h4,11H,2-3,7H2,1H3,(H,8,9,10)/t4-/m0/s1. The summed E-state index contributed by atoms with van der Waals surface area (Å²) in [7, 11) is 0. The minimum Gasteiger partial charge on any atom is -0.321 e. The summed E-state index contributed by atoms with van der Waals surface area (Å²) < 4.78 is 0. The second-order valence-corrected chi connectivity index (χ2v) is 2.65. The van der Waals surface area contributed by atoms with Gasteiger partial charge in [0.25, 0.3) is 0 Å². The Morgan fingerprint density at radius 2 is 2.45 bits per heavy atom. The van der Waals surface area contributed by atoms with Crippen LogP contribution in [0, 0.1) is 0 Å². The van der Waals surface area contributed by atoms with Crippen LogP contribution in [0.2, 0.25) is 0 Å². The molecule has 1 heterocycles. The van der Waals surface area contributed by atoms with Crippen LogP contribution in [0.5, 0.6) is 0 Å². The van der Waals surface area contributed by atoms with E-state index in [0.29, 0.717) is 11.6 Å². The second kappa shape index (κ2) is 3.73. The van der Waals surface area contributed by atoms with Crippen molar-refractivity contribution >= 4 is 12.6 Å². The highest BCUT2D eigenvalue weighted by Crippen LogP contribution is 2.05. The van der Waals surface area contributed by atoms with Crippen LogP contribution in [0.1, 0.15) is 24.6 Å². The first-order valence-electron chi connectivity index (χ1n) is 3.55. The summed E-state index contributed by atoms with van der Waals surface area (Å²) in [6, 6.07) is -0.158. The maximum atomic E-state index is 5.64. The lowest BCUT2D eigenvalue weighted by Gasteiger charge is -1.99. The molecule has 0 aliphatic rings. The number of nitrogens with one attached hydrogen (secondary N) is 1. The highest BCUT2D eigenvalue weighted by molar-refractivity contribution is 7.80. The Morgan fingerprint density at radius 1 is 1.73 bits per heavy atom. The summed E-state index contributed by atoms with van der Waals surface area (Å²) >= 11 is 4.05. The number of aromatic nitrogens is 3. The molecule has 1 aromatic heterocycles. The van der Waals surface area contributed by atoms with Gasteiger partial charge < -0.3 is 5.73 Å². The molecule has 0 saturated carbocycles. The Bertz CT molecular complexity index is 222. The van der Waals surface area contributed by atoms with Crippen molar-refractivity contribution in [3.63, 3.8) is 0 Å². The second-order valence-electron chi connectivity index (χ2n) is 2.28. The van der Waals surface area contributed by atoms with Gasteiger partial charge in [-0.2, -0.15) is 17.7 Å². The predicted molar refractivity (Wildman–Crippen MR) is 46.5 cm³/mol. The number of nitrogens with two attached hydrogens (primary N) is 1. The summed E-state index contributed by atoms with van der Waals surface area (Å²) in [5, 5.41) is 6.74. The van der Waals surface area contributed by atoms with Gasteiger partial charge in [0, 0.05) is 12.2 Å². The highest BCUT2D eigenvalue weighted by Gasteiger charge is 2.08. The molecule has 0 radical (unpaired) electrons. The SMILES string of the molecule is CCc1nc([C@@H](N)CS)n[nH]1. The molecule has 0 bridgehead atoms. The Kier molecular flexibility index (Phi) is 2.90. The maximum Gasteiger partial charge on any atom is 0.168 e. The fraction of sp³-hybridized carbons (Fsp3) is 0.667. The number of hydrogen-bond acceptors (Lipinski definition) is 4. The molecular weight excluding hydrogens is 160 g/mol. The Labute approximate surface area is 71.0 Å². The number of H-pyrrole nitrogens is 1. The lowest BCUT2D eigenvalue weighted by molar-refractivity contribution is 0.757. The molecule has 0 spiro atoms. The average Bonchev–Trinajstić information content (AvgIpc) is 2.50. The Balaban J connectivity index is 2.71. The Hall–Kier alpha value is -0.550. The van der Waals surface area contributed by atoms with Crippen molar-refractivity contribution in [3.8, 4) is 0 Å². The van der Waals surface area contributed by atoms with Crippen LogP contribution < -0.4 is 5.73 Å². The first kappa shape index (κ1) is 8.55. The van der Waals surface area contributed by atoms with E-state index in [-0.39, 0.29) is 6.04 Å². The van der Waals surface area contributed by atoms with Crippen LogP contribution >= 0.6 is 12.6 Å². The van der Waals surface area contributed by atoms with Gasteiger partial charge >= 0.3 is 0 Å². The number of hydrogen-bond donors (Lipinski definition) is 3. The lowest BCUT2D eigenvalue weighted by atomic mass is 10.3. The molecule has 1 atom stereocenters. The van der Waals surface area contributed by atoms with Gasteiger partial charge in [0.1, 0.15) is 5.82 Å². The zero-order valence-corrected chi connectivity index (χ0v) is 7.30. The van der Waals surface area contributed by atoms with Gasteiger partial charge in [-0.3, -0.25) is 5.10 Å². The first-order chi connectivity index (χ1) is 5.27. The van der Waals surface area contributed by atoms with E-state index in [1.165, 1.54) is 0 Å². The molecule has 1 rings (SSSR count). The van der Waals surface area contributed by atoms with Crippen LogP contribution in [0.25, 0.3) is 0 Å². The van der Waals surface area contributed by atoms with Crippen molar-refractivity contribution in [1.29, 1.82) is 0 Å². The van der Waals surface area contributed by atoms with Gasteiger partial charge in [-0.05, 0) is 0 Å². The average molecular weight is 172 g/mol. The van der Waals surface area contributed by atoms with E-state index in [9.17, 15) is 0 Å². The van der Waals surface area contributed by atoms with Crippen LogP contribution in [0.15, 0.2) is 0 Å². The topological polar surface area (TPSA) is 67.6 Å². The summed E-state index contributed by atoms with van der Waals surface area (Å²) in [6.07, 6.45) is 0.853. The molecule has 0 amide bonds. The molecule has 0 aliphatic carbocycles. The van der Waals surface area contributed by atoms with Crippen LogP contribution in [0.4, 0.5) is 0 Å². The third-order valence-electron chi connectivity index (χ3n) is 1.41. The summed E-state index contributed by atoms with van der Waals surface area (Å²) in [4.78, 5) is 4.16. The minimum atomic E-state index is -0.158. The summed E-state index contributed by atoms with van der Waals surface area (Å²) in [6.45, 7) is 2.01. The molecule has 3 N–H and O–H groups in total. The molecule has 5 heteroatoms. The molecule has 0 unspecified atom stereocenters. The molecular formula is C6H12N4S. The zero-order chi connectivity index (χ0) is 8.27. The largest absolute Gasteiger partial charge is 0.321 e. The number of rotatable bonds is 3. The van der Waals surface area contributed by atoms with Crippen molar-refractivity contribution in [1.82, 2.24) is 15.2 Å². The molecule has 0 aliphatic heterocycles. The van der Waals surface area contributed by atoms with Gasteiger partial charge in [0.05, 0.1) is 6.04 Å². The van der Waals surface area contributed by atoms with E-state index >= 15 is 0 Å². The van der Waals surface area contributed by atoms with Crippen molar-refractivity contribution in [3.05, 3.63) is 11.6 Å². The number of nitrogens with zero attached hydrogens (tertiary/aromatic N) is 2. The van der Waals surface area contributed by atoms with Gasteiger partial charge in [-0.15, -0.1) is 0 Å². The van der Waals surface area contributed by atoms with E-state index in [4.69, 9.17) is 5.73 Å². The summed E-state index contributed by atoms with van der Waals surface area (Å²) in [5.41, 5.74) is 5.64. The monoisotopic (exact) mass is 172 g/mol. The fourth-order valence-corrected chi connectivity index (χ4v) is 0.879. The quantitative estimate of drug-likeness (QED) is 0.574. The predicted octanol–water partition coefficient (Wildman–Crippen LogP) is 0.297. The summed E-state index contributed by atoms with van der Waals surface area (Å²) in [5.74, 6) is 2.09. The smallest absolute Gasteiger partial charge is 0.168 e. The molecule has 11 heavy (non-hydrogen) atoms. The van der Waals surface area contributed by atoms with Gasteiger partial charge in [0.2, 0.25) is 0 Å². The molecule has 1 aromatic rings. The lowest BCUT2D eigenvalue weighted by Crippen LogP contribution is -2.13. The molecule has 62 valence electrons. The third-order valence-corrected chi connectivity index (χ3v) is 1.81. The zero-order valence-electron chi connectivity index (χ0n) is 6.41. The molecule has 4 nitrogen and oxygen atoms in total. The highest BCUT2D eigenvalue weighted by atomic mass is 32.1. The minimum absolute atomic E-state index is 0.158. The van der Waals surface area contributed by atoms with Gasteiger partial charge in [-0.1, -0.05) is 6.92 Å². The van der Waals surface area contributed by atoms with E-state index < -0.39 is 0 Å². The normalized spacial score (nSPS) is 13.4. The molecule has 0 saturated heterocycles. The van der Waals surface area contributed by atoms with Crippen LogP contribution in [-0.2, 0) is 6.42 Å². The van der Waals surface area contributed by atoms with Gasteiger partial charge in [-0.25, -0.2) is 4.98 Å². The van der Waals surface area contributed by atoms with E-state index in [1.807, 2.05) is 6.92 Å². The van der Waals surface area contributed by atoms with Crippen molar-refractivity contribution in [2.75, 3.05) is 5.75 Å². The number of thiol groups is 1. The van der Waals surface area contributed by atoms with E-state index in [1.54, 1.807) is 0 Å². The number of aromatic amines is 1. The molecule has 0 fully saturated rings. The Morgan fingerprint density at radius 3 is 2.91 bits per heavy atom. The maximum absolute atomic E-state index is 5.64. The van der Waals surface area contributed by atoms with Crippen molar-refractivity contribution in [2.24, 2.45) is 5.73 Å². The van der Waals surface area contributed by atoms with E-state index in [0.717, 1.165) is 12.2 Å². The first-order valence-corrected chi connectivity index (χ1v) is 4.18. The van der Waals surface area contributed by atoms with E-state index in [2.05, 4.69) is 27.8 Å². The van der Waals surface area contributed by atoms with Crippen LogP contribution in [0.3, 0.4) is 0 Å². The molecule has 0 aromatic carbocycles. The fourth-order valence-electron chi connectivity index (χ4n) is 0.716. The van der Waals surface area contributed by atoms with Crippen LogP contribution in [-0.4, -0.2) is 20.9 Å².